The predicted octanol–water partition coefficient (Wildman–Crippen LogP) is 2.36. The fraction of sp³-hybridized carbons (Fsp3) is 0.154. The Bertz CT molecular complexity index is 508. The zero-order valence-electron chi connectivity index (χ0n) is 8.93. The van der Waals surface area contributed by atoms with Crippen molar-refractivity contribution in [2.45, 2.75) is 6.42 Å². The zero-order valence-corrected chi connectivity index (χ0v) is 8.93. The normalized spacial score (nSPS) is 13.9. The molecule has 2 N–H and O–H groups in total. The molecular formula is C13H13N3. The molecule has 1 aliphatic heterocycles. The molecule has 3 rings (SSSR count). The SMILES string of the molecule is Nc1ccc2c(c1)CCN2c1ccncc1. The third-order valence-corrected chi connectivity index (χ3v) is 2.97. The number of aromatic nitrogens is 1. The van der Waals surface area contributed by atoms with Gasteiger partial charge in [-0.2, -0.15) is 0 Å². The van der Waals surface area contributed by atoms with E-state index < -0.39 is 0 Å². The van der Waals surface area contributed by atoms with Gasteiger partial charge in [0.15, 0.2) is 0 Å². The largest absolute Gasteiger partial charge is 0.399 e. The summed E-state index contributed by atoms with van der Waals surface area (Å²) >= 11 is 0. The van der Waals surface area contributed by atoms with Gasteiger partial charge in [0.25, 0.3) is 0 Å². The molecule has 0 bridgehead atoms. The van der Waals surface area contributed by atoms with E-state index in [0.717, 1.165) is 18.7 Å². The summed E-state index contributed by atoms with van der Waals surface area (Å²) in [5.74, 6) is 0. The molecule has 0 atom stereocenters. The molecule has 0 radical (unpaired) electrons. The Kier molecular flexibility index (Phi) is 2.03. The number of benzene rings is 1. The van der Waals surface area contributed by atoms with Crippen molar-refractivity contribution in [2.24, 2.45) is 0 Å². The highest BCUT2D eigenvalue weighted by molar-refractivity contribution is 5.71. The van der Waals surface area contributed by atoms with Gasteiger partial charge < -0.3 is 10.6 Å². The average molecular weight is 211 g/mol. The number of nitrogen functional groups attached to an aromatic ring is 1. The van der Waals surface area contributed by atoms with E-state index >= 15 is 0 Å². The quantitative estimate of drug-likeness (QED) is 0.736. The van der Waals surface area contributed by atoms with E-state index in [1.54, 1.807) is 0 Å². The summed E-state index contributed by atoms with van der Waals surface area (Å²) in [5, 5.41) is 0. The first kappa shape index (κ1) is 9.21. The topological polar surface area (TPSA) is 42.1 Å². The van der Waals surface area contributed by atoms with Crippen LogP contribution in [-0.2, 0) is 6.42 Å². The van der Waals surface area contributed by atoms with Gasteiger partial charge in [-0.3, -0.25) is 4.98 Å². The van der Waals surface area contributed by atoms with Gasteiger partial charge in [-0.25, -0.2) is 0 Å². The summed E-state index contributed by atoms with van der Waals surface area (Å²) in [5.41, 5.74) is 10.4. The molecule has 0 amide bonds. The fourth-order valence-electron chi connectivity index (χ4n) is 2.21. The van der Waals surface area contributed by atoms with Crippen molar-refractivity contribution in [3.63, 3.8) is 0 Å². The number of nitrogens with two attached hydrogens (primary N) is 1. The van der Waals surface area contributed by atoms with Crippen LogP contribution in [0.5, 0.6) is 0 Å². The Morgan fingerprint density at radius 1 is 1.12 bits per heavy atom. The Labute approximate surface area is 94.5 Å². The van der Waals surface area contributed by atoms with Crippen molar-refractivity contribution in [3.05, 3.63) is 48.3 Å². The smallest absolute Gasteiger partial charge is 0.0445 e. The van der Waals surface area contributed by atoms with Crippen LogP contribution in [0, 0.1) is 0 Å². The summed E-state index contributed by atoms with van der Waals surface area (Å²) in [6, 6.07) is 10.2. The molecule has 0 saturated heterocycles. The van der Waals surface area contributed by atoms with E-state index in [9.17, 15) is 0 Å². The Morgan fingerprint density at radius 2 is 1.94 bits per heavy atom. The van der Waals surface area contributed by atoms with Crippen LogP contribution in [-0.4, -0.2) is 11.5 Å². The van der Waals surface area contributed by atoms with E-state index in [-0.39, 0.29) is 0 Å². The van der Waals surface area contributed by atoms with Crippen molar-refractivity contribution in [2.75, 3.05) is 17.2 Å². The molecule has 0 fully saturated rings. The van der Waals surface area contributed by atoms with Gasteiger partial charge in [0.05, 0.1) is 0 Å². The van der Waals surface area contributed by atoms with Crippen LogP contribution in [0.25, 0.3) is 0 Å². The van der Waals surface area contributed by atoms with Crippen molar-refractivity contribution in [1.29, 1.82) is 0 Å². The molecule has 1 aliphatic rings. The predicted molar refractivity (Wildman–Crippen MR) is 65.8 cm³/mol. The summed E-state index contributed by atoms with van der Waals surface area (Å²) in [6.45, 7) is 1.02. The first-order valence-corrected chi connectivity index (χ1v) is 5.40. The summed E-state index contributed by atoms with van der Waals surface area (Å²) in [4.78, 5) is 6.34. The summed E-state index contributed by atoms with van der Waals surface area (Å²) in [6.07, 6.45) is 4.71. The highest BCUT2D eigenvalue weighted by atomic mass is 15.2. The summed E-state index contributed by atoms with van der Waals surface area (Å²) in [7, 11) is 0. The Morgan fingerprint density at radius 3 is 2.75 bits per heavy atom. The monoisotopic (exact) mass is 211 g/mol. The van der Waals surface area contributed by atoms with Gasteiger partial charge in [-0.1, -0.05) is 0 Å². The lowest BCUT2D eigenvalue weighted by Crippen LogP contribution is -2.12. The summed E-state index contributed by atoms with van der Waals surface area (Å²) < 4.78 is 0. The van der Waals surface area contributed by atoms with Gasteiger partial charge in [0.2, 0.25) is 0 Å². The number of fused-ring (bicyclic) bond motifs is 1. The van der Waals surface area contributed by atoms with Crippen LogP contribution in [0.2, 0.25) is 0 Å². The molecule has 80 valence electrons. The van der Waals surface area contributed by atoms with E-state index in [1.807, 2.05) is 30.6 Å². The van der Waals surface area contributed by atoms with Crippen molar-refractivity contribution < 1.29 is 0 Å². The van der Waals surface area contributed by atoms with Crippen LogP contribution >= 0.6 is 0 Å². The fourth-order valence-corrected chi connectivity index (χ4v) is 2.21. The third kappa shape index (κ3) is 1.41. The number of rotatable bonds is 1. The van der Waals surface area contributed by atoms with Crippen LogP contribution in [0.1, 0.15) is 5.56 Å². The minimum Gasteiger partial charge on any atom is -0.399 e. The molecule has 0 unspecified atom stereocenters. The minimum absolute atomic E-state index is 0.843. The number of nitrogens with zero attached hydrogens (tertiary/aromatic N) is 2. The van der Waals surface area contributed by atoms with Gasteiger partial charge in [0.1, 0.15) is 0 Å². The van der Waals surface area contributed by atoms with Crippen LogP contribution < -0.4 is 10.6 Å². The lowest BCUT2D eigenvalue weighted by atomic mass is 10.1. The van der Waals surface area contributed by atoms with Crippen molar-refractivity contribution in [3.8, 4) is 0 Å². The van der Waals surface area contributed by atoms with E-state index in [0.29, 0.717) is 0 Å². The molecule has 0 saturated carbocycles. The maximum absolute atomic E-state index is 5.79. The molecule has 1 aromatic heterocycles. The van der Waals surface area contributed by atoms with E-state index in [2.05, 4.69) is 22.0 Å². The van der Waals surface area contributed by atoms with Crippen LogP contribution in [0.3, 0.4) is 0 Å². The van der Waals surface area contributed by atoms with Gasteiger partial charge in [-0.05, 0) is 42.3 Å². The second-order valence-electron chi connectivity index (χ2n) is 4.00. The Hall–Kier alpha value is -2.03. The van der Waals surface area contributed by atoms with Gasteiger partial charge in [-0.15, -0.1) is 0 Å². The molecule has 3 heteroatoms. The Balaban J connectivity index is 2.04. The van der Waals surface area contributed by atoms with E-state index in [1.165, 1.54) is 16.9 Å². The molecule has 0 aliphatic carbocycles. The average Bonchev–Trinajstić information content (AvgIpc) is 2.73. The molecule has 16 heavy (non-hydrogen) atoms. The second kappa shape index (κ2) is 3.52. The highest BCUT2D eigenvalue weighted by Gasteiger charge is 2.19. The third-order valence-electron chi connectivity index (χ3n) is 2.97. The first-order valence-electron chi connectivity index (χ1n) is 5.40. The lowest BCUT2D eigenvalue weighted by Gasteiger charge is -2.19. The molecule has 1 aromatic carbocycles. The van der Waals surface area contributed by atoms with Crippen molar-refractivity contribution >= 4 is 17.1 Å². The van der Waals surface area contributed by atoms with Crippen LogP contribution in [0.4, 0.5) is 17.1 Å². The molecule has 2 aromatic rings. The van der Waals surface area contributed by atoms with Crippen molar-refractivity contribution in [1.82, 2.24) is 4.98 Å². The first-order chi connectivity index (χ1) is 7.84. The number of pyridine rings is 1. The highest BCUT2D eigenvalue weighted by Crippen LogP contribution is 2.34. The lowest BCUT2D eigenvalue weighted by molar-refractivity contribution is 0.996. The molecule has 0 spiro atoms. The standard InChI is InChI=1S/C13H13N3/c14-11-1-2-13-10(9-11)5-8-16(13)12-3-6-15-7-4-12/h1-4,6-7,9H,5,8,14H2. The maximum atomic E-state index is 5.79. The minimum atomic E-state index is 0.843. The maximum Gasteiger partial charge on any atom is 0.0445 e. The second-order valence-corrected chi connectivity index (χ2v) is 4.00. The van der Waals surface area contributed by atoms with Gasteiger partial charge >= 0.3 is 0 Å². The molecular weight excluding hydrogens is 198 g/mol. The molecule has 2 heterocycles. The van der Waals surface area contributed by atoms with E-state index in [4.69, 9.17) is 5.73 Å². The van der Waals surface area contributed by atoms with Gasteiger partial charge in [0, 0.05) is 36.0 Å². The number of hydrogen-bond donors (Lipinski definition) is 1. The number of hydrogen-bond acceptors (Lipinski definition) is 3. The number of anilines is 3. The van der Waals surface area contributed by atoms with Crippen LogP contribution in [0.15, 0.2) is 42.7 Å². The molecule has 3 nitrogen and oxygen atoms in total. The zero-order chi connectivity index (χ0) is 11.0.